The lowest BCUT2D eigenvalue weighted by atomic mass is 10.2. The van der Waals surface area contributed by atoms with Crippen molar-refractivity contribution in [2.45, 2.75) is 13.8 Å². The molecule has 3 nitrogen and oxygen atoms in total. The molecule has 0 spiro atoms. The van der Waals surface area contributed by atoms with Gasteiger partial charge >= 0.3 is 0 Å². The van der Waals surface area contributed by atoms with Crippen molar-refractivity contribution < 1.29 is 9.90 Å². The molecule has 0 saturated carbocycles. The Kier molecular flexibility index (Phi) is 2.78. The normalized spacial score (nSPS) is 9.77. The van der Waals surface area contributed by atoms with Crippen LogP contribution in [0.5, 0.6) is 5.75 Å². The third kappa shape index (κ3) is 2.12. The molecule has 0 bridgehead atoms. The molecule has 0 aliphatic rings. The summed E-state index contributed by atoms with van der Waals surface area (Å²) < 4.78 is 0. The summed E-state index contributed by atoms with van der Waals surface area (Å²) in [7, 11) is 0. The standard InChI is InChI=1S/C9H10ClNO2/c1-5-8(13)4-3-7(9(5)10)11-6(2)12/h3-4,13H,1-2H3,(H,11,12). The largest absolute Gasteiger partial charge is 0.508 e. The number of anilines is 1. The average molecular weight is 200 g/mol. The molecule has 4 heteroatoms. The highest BCUT2D eigenvalue weighted by Gasteiger charge is 2.07. The maximum atomic E-state index is 10.7. The van der Waals surface area contributed by atoms with Gasteiger partial charge in [0.15, 0.2) is 0 Å². The number of amides is 1. The summed E-state index contributed by atoms with van der Waals surface area (Å²) in [4.78, 5) is 10.7. The Morgan fingerprint density at radius 3 is 2.69 bits per heavy atom. The van der Waals surface area contributed by atoms with Crippen molar-refractivity contribution in [3.05, 3.63) is 22.7 Å². The number of phenolic OH excluding ortho intramolecular Hbond substituents is 1. The first kappa shape index (κ1) is 9.86. The predicted octanol–water partition coefficient (Wildman–Crippen LogP) is 2.31. The molecular formula is C9H10ClNO2. The first-order chi connectivity index (χ1) is 6.02. The van der Waals surface area contributed by atoms with Gasteiger partial charge in [-0.2, -0.15) is 0 Å². The Balaban J connectivity index is 3.10. The molecule has 0 aliphatic heterocycles. The Bertz CT molecular complexity index is 350. The van der Waals surface area contributed by atoms with Crippen LogP contribution in [-0.4, -0.2) is 11.0 Å². The van der Waals surface area contributed by atoms with Crippen LogP contribution in [0.3, 0.4) is 0 Å². The fourth-order valence-electron chi connectivity index (χ4n) is 0.961. The number of aromatic hydroxyl groups is 1. The van der Waals surface area contributed by atoms with Crippen LogP contribution >= 0.6 is 11.6 Å². The zero-order valence-electron chi connectivity index (χ0n) is 7.39. The Hall–Kier alpha value is -1.22. The average Bonchev–Trinajstić information content (AvgIpc) is 2.06. The van der Waals surface area contributed by atoms with Gasteiger partial charge in [0.1, 0.15) is 5.75 Å². The van der Waals surface area contributed by atoms with E-state index in [0.29, 0.717) is 16.3 Å². The van der Waals surface area contributed by atoms with Gasteiger partial charge in [-0.25, -0.2) is 0 Å². The van der Waals surface area contributed by atoms with Gasteiger partial charge in [-0.1, -0.05) is 11.6 Å². The molecule has 0 aliphatic carbocycles. The van der Waals surface area contributed by atoms with Crippen molar-refractivity contribution in [2.75, 3.05) is 5.32 Å². The SMILES string of the molecule is CC(=O)Nc1ccc(O)c(C)c1Cl. The number of hydrogen-bond donors (Lipinski definition) is 2. The molecule has 1 amide bonds. The highest BCUT2D eigenvalue weighted by atomic mass is 35.5. The van der Waals surface area contributed by atoms with Gasteiger partial charge in [0.2, 0.25) is 5.91 Å². The van der Waals surface area contributed by atoms with Crippen molar-refractivity contribution in [1.82, 2.24) is 0 Å². The van der Waals surface area contributed by atoms with Crippen LogP contribution in [0.4, 0.5) is 5.69 Å². The molecule has 1 rings (SSSR count). The number of benzene rings is 1. The van der Waals surface area contributed by atoms with Crippen LogP contribution in [0.2, 0.25) is 5.02 Å². The maximum Gasteiger partial charge on any atom is 0.221 e. The second-order valence-electron chi connectivity index (χ2n) is 2.75. The van der Waals surface area contributed by atoms with Crippen molar-refractivity contribution in [3.8, 4) is 5.75 Å². The number of carbonyl (C=O) groups excluding carboxylic acids is 1. The van der Waals surface area contributed by atoms with E-state index >= 15 is 0 Å². The zero-order valence-corrected chi connectivity index (χ0v) is 8.14. The van der Waals surface area contributed by atoms with Gasteiger partial charge in [0, 0.05) is 12.5 Å². The summed E-state index contributed by atoms with van der Waals surface area (Å²) in [5.41, 5.74) is 1.08. The van der Waals surface area contributed by atoms with Crippen molar-refractivity contribution >= 4 is 23.2 Å². The van der Waals surface area contributed by atoms with Crippen LogP contribution in [-0.2, 0) is 4.79 Å². The fourth-order valence-corrected chi connectivity index (χ4v) is 1.17. The van der Waals surface area contributed by atoms with E-state index in [0.717, 1.165) is 0 Å². The minimum atomic E-state index is -0.188. The monoisotopic (exact) mass is 199 g/mol. The lowest BCUT2D eigenvalue weighted by Gasteiger charge is -2.08. The lowest BCUT2D eigenvalue weighted by molar-refractivity contribution is -0.114. The Morgan fingerprint density at radius 2 is 2.15 bits per heavy atom. The van der Waals surface area contributed by atoms with Gasteiger partial charge < -0.3 is 10.4 Å². The lowest BCUT2D eigenvalue weighted by Crippen LogP contribution is -2.06. The molecule has 2 N–H and O–H groups in total. The van der Waals surface area contributed by atoms with Crippen LogP contribution in [0, 0.1) is 6.92 Å². The van der Waals surface area contributed by atoms with E-state index in [2.05, 4.69) is 5.32 Å². The summed E-state index contributed by atoms with van der Waals surface area (Å²) in [6.45, 7) is 3.08. The van der Waals surface area contributed by atoms with Crippen LogP contribution < -0.4 is 5.32 Å². The molecule has 13 heavy (non-hydrogen) atoms. The molecule has 0 saturated heterocycles. The number of nitrogens with one attached hydrogen (secondary N) is 1. The molecule has 1 aromatic rings. The van der Waals surface area contributed by atoms with Gasteiger partial charge in [-0.3, -0.25) is 4.79 Å². The van der Waals surface area contributed by atoms with Gasteiger partial charge in [-0.05, 0) is 19.1 Å². The van der Waals surface area contributed by atoms with Crippen molar-refractivity contribution in [3.63, 3.8) is 0 Å². The number of carbonyl (C=O) groups is 1. The highest BCUT2D eigenvalue weighted by Crippen LogP contribution is 2.31. The Morgan fingerprint density at radius 1 is 1.54 bits per heavy atom. The highest BCUT2D eigenvalue weighted by molar-refractivity contribution is 6.34. The third-order valence-electron chi connectivity index (χ3n) is 1.67. The summed E-state index contributed by atoms with van der Waals surface area (Å²) in [6, 6.07) is 3.05. The van der Waals surface area contributed by atoms with E-state index < -0.39 is 0 Å². The zero-order chi connectivity index (χ0) is 10.0. The molecule has 0 atom stereocenters. The van der Waals surface area contributed by atoms with Crippen molar-refractivity contribution in [2.24, 2.45) is 0 Å². The molecule has 0 radical (unpaired) electrons. The molecular weight excluding hydrogens is 190 g/mol. The molecule has 1 aromatic carbocycles. The summed E-state index contributed by atoms with van der Waals surface area (Å²) >= 11 is 5.87. The van der Waals surface area contributed by atoms with Crippen LogP contribution in [0.25, 0.3) is 0 Å². The minimum absolute atomic E-state index is 0.124. The second kappa shape index (κ2) is 3.66. The van der Waals surface area contributed by atoms with Gasteiger partial charge in [-0.15, -0.1) is 0 Å². The maximum absolute atomic E-state index is 10.7. The number of hydrogen-bond acceptors (Lipinski definition) is 2. The van der Waals surface area contributed by atoms with Crippen molar-refractivity contribution in [1.29, 1.82) is 0 Å². The van der Waals surface area contributed by atoms with E-state index in [9.17, 15) is 9.90 Å². The number of rotatable bonds is 1. The van der Waals surface area contributed by atoms with Crippen LogP contribution in [0.1, 0.15) is 12.5 Å². The van der Waals surface area contributed by atoms with E-state index in [1.165, 1.54) is 13.0 Å². The minimum Gasteiger partial charge on any atom is -0.508 e. The number of phenols is 1. The van der Waals surface area contributed by atoms with E-state index in [1.807, 2.05) is 0 Å². The summed E-state index contributed by atoms with van der Waals surface area (Å²) in [6.07, 6.45) is 0. The summed E-state index contributed by atoms with van der Waals surface area (Å²) in [5, 5.41) is 12.2. The summed E-state index contributed by atoms with van der Waals surface area (Å²) in [5.74, 6) is -0.0638. The first-order valence-electron chi connectivity index (χ1n) is 3.78. The van der Waals surface area contributed by atoms with Gasteiger partial charge in [0.25, 0.3) is 0 Å². The van der Waals surface area contributed by atoms with E-state index in [4.69, 9.17) is 11.6 Å². The Labute approximate surface area is 81.3 Å². The van der Waals surface area contributed by atoms with E-state index in [-0.39, 0.29) is 11.7 Å². The third-order valence-corrected chi connectivity index (χ3v) is 2.16. The van der Waals surface area contributed by atoms with Gasteiger partial charge in [0.05, 0.1) is 10.7 Å². The molecule has 0 unspecified atom stereocenters. The quantitative estimate of drug-likeness (QED) is 0.682. The molecule has 0 aromatic heterocycles. The fraction of sp³-hybridized carbons (Fsp3) is 0.222. The second-order valence-corrected chi connectivity index (χ2v) is 3.13. The number of halogens is 1. The molecule has 70 valence electrons. The van der Waals surface area contributed by atoms with Crippen LogP contribution in [0.15, 0.2) is 12.1 Å². The topological polar surface area (TPSA) is 49.3 Å². The predicted molar refractivity (Wildman–Crippen MR) is 52.2 cm³/mol. The smallest absolute Gasteiger partial charge is 0.221 e. The molecule has 0 heterocycles. The van der Waals surface area contributed by atoms with E-state index in [1.54, 1.807) is 13.0 Å². The first-order valence-corrected chi connectivity index (χ1v) is 4.16. The molecule has 0 fully saturated rings.